The molecule has 0 bridgehead atoms. The maximum absolute atomic E-state index is 12.0. The van der Waals surface area contributed by atoms with E-state index in [1.54, 1.807) is 6.26 Å². The molecule has 1 atom stereocenters. The van der Waals surface area contributed by atoms with Gasteiger partial charge >= 0.3 is 0 Å². The number of para-hydroxylation sites is 1. The van der Waals surface area contributed by atoms with E-state index in [0.717, 1.165) is 17.9 Å². The van der Waals surface area contributed by atoms with Gasteiger partial charge in [0.25, 0.3) is 0 Å². The van der Waals surface area contributed by atoms with Crippen LogP contribution in [0.3, 0.4) is 0 Å². The second-order valence-electron chi connectivity index (χ2n) is 4.36. The molecule has 0 fully saturated rings. The van der Waals surface area contributed by atoms with Crippen LogP contribution in [0.2, 0.25) is 0 Å². The number of amides is 1. The Balaban J connectivity index is 1.59. The monoisotopic (exact) mass is 242 g/mol. The van der Waals surface area contributed by atoms with Crippen molar-refractivity contribution in [1.82, 2.24) is 5.32 Å². The zero-order chi connectivity index (χ0) is 12.4. The summed E-state index contributed by atoms with van der Waals surface area (Å²) in [6.45, 7) is 0.431. The number of hydrogen-bond donors (Lipinski definition) is 2. The number of nitrogens with one attached hydrogen (secondary N) is 2. The highest BCUT2D eigenvalue weighted by Gasteiger charge is 2.25. The van der Waals surface area contributed by atoms with Crippen LogP contribution >= 0.6 is 0 Å². The molecule has 2 N–H and O–H groups in total. The molecule has 3 rings (SSSR count). The summed E-state index contributed by atoms with van der Waals surface area (Å²) in [5, 5.41) is 6.09. The van der Waals surface area contributed by atoms with Crippen molar-refractivity contribution in [3.63, 3.8) is 0 Å². The Kier molecular flexibility index (Phi) is 2.76. The number of furan rings is 1. The van der Waals surface area contributed by atoms with Crippen molar-refractivity contribution in [2.45, 2.75) is 19.0 Å². The predicted octanol–water partition coefficient (Wildman–Crippen LogP) is 1.93. The summed E-state index contributed by atoms with van der Waals surface area (Å²) in [5.74, 6) is 0.765. The molecule has 0 saturated heterocycles. The molecule has 2 aromatic rings. The molecule has 1 amide bonds. The Morgan fingerprint density at radius 1 is 1.33 bits per heavy atom. The summed E-state index contributed by atoms with van der Waals surface area (Å²) in [6, 6.07) is 11.5. The van der Waals surface area contributed by atoms with Crippen LogP contribution in [-0.4, -0.2) is 11.9 Å². The minimum atomic E-state index is -0.183. The van der Waals surface area contributed by atoms with E-state index < -0.39 is 0 Å². The van der Waals surface area contributed by atoms with Crippen molar-refractivity contribution in [3.05, 3.63) is 54.0 Å². The van der Waals surface area contributed by atoms with Gasteiger partial charge in [-0.3, -0.25) is 4.79 Å². The van der Waals surface area contributed by atoms with Gasteiger partial charge in [-0.05, 0) is 23.8 Å². The standard InChI is InChI=1S/C14H14N2O2/c17-14(15-9-11-5-3-7-18-11)13-8-10-4-1-2-6-12(10)16-13/h1-7,13,16H,8-9H2,(H,15,17)/t13-/m0/s1. The molecule has 0 unspecified atom stereocenters. The first-order valence-corrected chi connectivity index (χ1v) is 5.97. The van der Waals surface area contributed by atoms with Crippen LogP contribution in [0.1, 0.15) is 11.3 Å². The van der Waals surface area contributed by atoms with Gasteiger partial charge < -0.3 is 15.1 Å². The highest BCUT2D eigenvalue weighted by molar-refractivity contribution is 5.87. The normalized spacial score (nSPS) is 17.0. The number of carbonyl (C=O) groups excluding carboxylic acids is 1. The van der Waals surface area contributed by atoms with E-state index in [1.807, 2.05) is 36.4 Å². The molecule has 0 radical (unpaired) electrons. The van der Waals surface area contributed by atoms with Gasteiger partial charge in [0, 0.05) is 12.1 Å². The van der Waals surface area contributed by atoms with Crippen LogP contribution in [0.4, 0.5) is 5.69 Å². The average Bonchev–Trinajstić information content (AvgIpc) is 3.04. The molecule has 4 heteroatoms. The zero-order valence-corrected chi connectivity index (χ0v) is 9.85. The quantitative estimate of drug-likeness (QED) is 0.864. The molecular weight excluding hydrogens is 228 g/mol. The summed E-state index contributed by atoms with van der Waals surface area (Å²) in [6.07, 6.45) is 2.34. The summed E-state index contributed by atoms with van der Waals surface area (Å²) < 4.78 is 5.17. The molecule has 1 aromatic carbocycles. The molecule has 4 nitrogen and oxygen atoms in total. The second kappa shape index (κ2) is 4.56. The Morgan fingerprint density at radius 3 is 3.00 bits per heavy atom. The van der Waals surface area contributed by atoms with Gasteiger partial charge in [-0.2, -0.15) is 0 Å². The van der Waals surface area contributed by atoms with Crippen molar-refractivity contribution in [1.29, 1.82) is 0 Å². The highest BCUT2D eigenvalue weighted by atomic mass is 16.3. The van der Waals surface area contributed by atoms with Crippen molar-refractivity contribution in [3.8, 4) is 0 Å². The number of anilines is 1. The molecule has 18 heavy (non-hydrogen) atoms. The zero-order valence-electron chi connectivity index (χ0n) is 9.85. The van der Waals surface area contributed by atoms with E-state index in [4.69, 9.17) is 4.42 Å². The predicted molar refractivity (Wildman–Crippen MR) is 68.1 cm³/mol. The molecule has 1 aliphatic heterocycles. The molecule has 92 valence electrons. The third-order valence-electron chi connectivity index (χ3n) is 3.10. The number of rotatable bonds is 3. The van der Waals surface area contributed by atoms with E-state index >= 15 is 0 Å². The summed E-state index contributed by atoms with van der Waals surface area (Å²) in [7, 11) is 0. The molecule has 2 heterocycles. The Hall–Kier alpha value is -2.23. The van der Waals surface area contributed by atoms with Crippen LogP contribution in [-0.2, 0) is 17.8 Å². The first kappa shape index (κ1) is 10.9. The highest BCUT2D eigenvalue weighted by Crippen LogP contribution is 2.25. The fraction of sp³-hybridized carbons (Fsp3) is 0.214. The van der Waals surface area contributed by atoms with Crippen LogP contribution in [0.15, 0.2) is 47.1 Å². The van der Waals surface area contributed by atoms with Gasteiger partial charge in [-0.25, -0.2) is 0 Å². The van der Waals surface area contributed by atoms with Crippen molar-refractivity contribution in [2.75, 3.05) is 5.32 Å². The van der Waals surface area contributed by atoms with Crippen LogP contribution in [0.5, 0.6) is 0 Å². The average molecular weight is 242 g/mol. The van der Waals surface area contributed by atoms with E-state index in [2.05, 4.69) is 10.6 Å². The van der Waals surface area contributed by atoms with E-state index in [1.165, 1.54) is 5.56 Å². The largest absolute Gasteiger partial charge is 0.467 e. The fourth-order valence-corrected chi connectivity index (χ4v) is 2.17. The second-order valence-corrected chi connectivity index (χ2v) is 4.36. The molecule has 0 aliphatic carbocycles. The minimum Gasteiger partial charge on any atom is -0.467 e. The number of hydrogen-bond acceptors (Lipinski definition) is 3. The maximum Gasteiger partial charge on any atom is 0.243 e. The van der Waals surface area contributed by atoms with Crippen molar-refractivity contribution < 1.29 is 9.21 Å². The molecule has 0 saturated carbocycles. The van der Waals surface area contributed by atoms with E-state index in [9.17, 15) is 4.79 Å². The van der Waals surface area contributed by atoms with E-state index in [-0.39, 0.29) is 11.9 Å². The lowest BCUT2D eigenvalue weighted by Gasteiger charge is -2.10. The number of benzene rings is 1. The van der Waals surface area contributed by atoms with Gasteiger partial charge in [0.1, 0.15) is 11.8 Å². The number of fused-ring (bicyclic) bond motifs is 1. The maximum atomic E-state index is 12.0. The van der Waals surface area contributed by atoms with Gasteiger partial charge in [0.2, 0.25) is 5.91 Å². The van der Waals surface area contributed by atoms with Crippen LogP contribution in [0, 0.1) is 0 Å². The molecule has 0 spiro atoms. The summed E-state index contributed by atoms with van der Waals surface area (Å²) >= 11 is 0. The Morgan fingerprint density at radius 2 is 2.22 bits per heavy atom. The topological polar surface area (TPSA) is 54.3 Å². The third kappa shape index (κ3) is 2.09. The third-order valence-corrected chi connectivity index (χ3v) is 3.10. The lowest BCUT2D eigenvalue weighted by Crippen LogP contribution is -2.37. The summed E-state index contributed by atoms with van der Waals surface area (Å²) in [4.78, 5) is 12.0. The van der Waals surface area contributed by atoms with Crippen LogP contribution in [0.25, 0.3) is 0 Å². The summed E-state index contributed by atoms with van der Waals surface area (Å²) in [5.41, 5.74) is 2.24. The first-order chi connectivity index (χ1) is 8.83. The Labute approximate surface area is 105 Å². The van der Waals surface area contributed by atoms with Crippen LogP contribution < -0.4 is 10.6 Å². The van der Waals surface area contributed by atoms with Gasteiger partial charge in [-0.1, -0.05) is 18.2 Å². The minimum absolute atomic E-state index is 0.00241. The van der Waals surface area contributed by atoms with Crippen molar-refractivity contribution >= 4 is 11.6 Å². The lowest BCUT2D eigenvalue weighted by molar-refractivity contribution is -0.121. The SMILES string of the molecule is O=C(NCc1ccco1)[C@@H]1Cc2ccccc2N1. The molecular formula is C14H14N2O2. The van der Waals surface area contributed by atoms with Gasteiger partial charge in [0.15, 0.2) is 0 Å². The van der Waals surface area contributed by atoms with E-state index in [0.29, 0.717) is 6.54 Å². The van der Waals surface area contributed by atoms with Gasteiger partial charge in [-0.15, -0.1) is 0 Å². The fourth-order valence-electron chi connectivity index (χ4n) is 2.17. The molecule has 1 aliphatic rings. The first-order valence-electron chi connectivity index (χ1n) is 5.97. The number of carbonyl (C=O) groups is 1. The van der Waals surface area contributed by atoms with Gasteiger partial charge in [0.05, 0.1) is 12.8 Å². The smallest absolute Gasteiger partial charge is 0.243 e. The Bertz CT molecular complexity index is 524. The van der Waals surface area contributed by atoms with Crippen molar-refractivity contribution in [2.24, 2.45) is 0 Å². The molecule has 1 aromatic heterocycles. The lowest BCUT2D eigenvalue weighted by atomic mass is 10.1.